The lowest BCUT2D eigenvalue weighted by atomic mass is 10.1. The monoisotopic (exact) mass is 316 g/mol. The molecule has 0 spiro atoms. The van der Waals surface area contributed by atoms with Gasteiger partial charge in [0.05, 0.1) is 16.3 Å². The highest BCUT2D eigenvalue weighted by Gasteiger charge is 2.33. The average Bonchev–Trinajstić information content (AvgIpc) is 2.67. The van der Waals surface area contributed by atoms with Gasteiger partial charge in [-0.25, -0.2) is 0 Å². The standard InChI is InChI=1S/C12H10ClFN2O3S/c13-11-4-10(2-1-9(11)5-15)16-6-8(3-12(16)17)7-20(14,18)19/h1-2,4,8H,3,6-7H2. The molecule has 1 amide bonds. The van der Waals surface area contributed by atoms with Crippen LogP contribution < -0.4 is 4.90 Å². The molecule has 0 aliphatic carbocycles. The van der Waals surface area contributed by atoms with E-state index in [1.165, 1.54) is 17.0 Å². The van der Waals surface area contributed by atoms with Crippen molar-refractivity contribution in [3.63, 3.8) is 0 Å². The van der Waals surface area contributed by atoms with Crippen molar-refractivity contribution >= 4 is 33.4 Å². The maximum atomic E-state index is 12.6. The maximum Gasteiger partial charge on any atom is 0.302 e. The van der Waals surface area contributed by atoms with Gasteiger partial charge >= 0.3 is 10.2 Å². The molecule has 20 heavy (non-hydrogen) atoms. The second-order valence-corrected chi connectivity index (χ2v) is 6.37. The number of carbonyl (C=O) groups excluding carboxylic acids is 1. The molecule has 1 aliphatic heterocycles. The number of halogens is 2. The Kier molecular flexibility index (Phi) is 3.97. The Balaban J connectivity index is 2.20. The molecule has 0 aromatic heterocycles. The molecule has 1 unspecified atom stereocenters. The van der Waals surface area contributed by atoms with E-state index in [1.54, 1.807) is 6.07 Å². The van der Waals surface area contributed by atoms with Crippen molar-refractivity contribution in [2.24, 2.45) is 5.92 Å². The van der Waals surface area contributed by atoms with Crippen LogP contribution >= 0.6 is 11.6 Å². The van der Waals surface area contributed by atoms with Crippen molar-refractivity contribution in [3.8, 4) is 6.07 Å². The average molecular weight is 317 g/mol. The number of amides is 1. The Morgan fingerprint density at radius 1 is 1.50 bits per heavy atom. The molecule has 0 saturated carbocycles. The van der Waals surface area contributed by atoms with Gasteiger partial charge < -0.3 is 4.90 Å². The van der Waals surface area contributed by atoms with E-state index in [1.807, 2.05) is 6.07 Å². The largest absolute Gasteiger partial charge is 0.312 e. The van der Waals surface area contributed by atoms with Crippen molar-refractivity contribution in [3.05, 3.63) is 28.8 Å². The van der Waals surface area contributed by atoms with Gasteiger partial charge in [-0.3, -0.25) is 4.79 Å². The summed E-state index contributed by atoms with van der Waals surface area (Å²) in [5.41, 5.74) is 0.753. The molecule has 8 heteroatoms. The van der Waals surface area contributed by atoms with E-state index in [4.69, 9.17) is 16.9 Å². The van der Waals surface area contributed by atoms with Crippen LogP contribution in [0.1, 0.15) is 12.0 Å². The number of benzene rings is 1. The number of rotatable bonds is 3. The second-order valence-electron chi connectivity index (χ2n) is 4.56. The van der Waals surface area contributed by atoms with Crippen LogP contribution in [0.15, 0.2) is 18.2 Å². The van der Waals surface area contributed by atoms with Gasteiger partial charge in [-0.1, -0.05) is 11.6 Å². The minimum Gasteiger partial charge on any atom is -0.312 e. The van der Waals surface area contributed by atoms with Crippen LogP contribution in [0.5, 0.6) is 0 Å². The van der Waals surface area contributed by atoms with Gasteiger partial charge in [-0.2, -0.15) is 13.7 Å². The number of hydrogen-bond donors (Lipinski definition) is 0. The molecular formula is C12H10ClFN2O3S. The summed E-state index contributed by atoms with van der Waals surface area (Å²) in [5.74, 6) is -1.54. The topological polar surface area (TPSA) is 78.2 Å². The molecule has 106 valence electrons. The molecule has 1 saturated heterocycles. The first-order valence-corrected chi connectivity index (χ1v) is 7.65. The number of nitriles is 1. The Hall–Kier alpha value is -1.65. The first-order valence-electron chi connectivity index (χ1n) is 5.72. The summed E-state index contributed by atoms with van der Waals surface area (Å²) in [6, 6.07) is 6.39. The zero-order chi connectivity index (χ0) is 14.9. The van der Waals surface area contributed by atoms with Crippen LogP contribution in [0.3, 0.4) is 0 Å². The number of nitrogens with zero attached hydrogens (tertiary/aromatic N) is 2. The second kappa shape index (κ2) is 5.38. The van der Waals surface area contributed by atoms with Gasteiger partial charge in [0.25, 0.3) is 0 Å². The van der Waals surface area contributed by atoms with Crippen LogP contribution in [0, 0.1) is 17.2 Å². The summed E-state index contributed by atoms with van der Waals surface area (Å²) in [7, 11) is -4.60. The van der Waals surface area contributed by atoms with Gasteiger partial charge in [0.15, 0.2) is 0 Å². The number of anilines is 1. The summed E-state index contributed by atoms with van der Waals surface area (Å²) in [6.45, 7) is 0.115. The Morgan fingerprint density at radius 2 is 2.20 bits per heavy atom. The highest BCUT2D eigenvalue weighted by Crippen LogP contribution is 2.29. The molecule has 1 aromatic carbocycles. The molecule has 1 fully saturated rings. The van der Waals surface area contributed by atoms with Gasteiger partial charge in [-0.05, 0) is 18.2 Å². The first kappa shape index (κ1) is 14.8. The van der Waals surface area contributed by atoms with Crippen LogP contribution in [-0.2, 0) is 15.0 Å². The van der Waals surface area contributed by atoms with Crippen LogP contribution in [-0.4, -0.2) is 26.6 Å². The summed E-state index contributed by atoms with van der Waals surface area (Å²) >= 11 is 5.88. The van der Waals surface area contributed by atoms with E-state index < -0.39 is 21.9 Å². The van der Waals surface area contributed by atoms with E-state index in [2.05, 4.69) is 0 Å². The third kappa shape index (κ3) is 3.26. The van der Waals surface area contributed by atoms with Crippen LogP contribution in [0.2, 0.25) is 5.02 Å². The minimum atomic E-state index is -4.60. The van der Waals surface area contributed by atoms with E-state index in [0.717, 1.165) is 0 Å². The fourth-order valence-corrected chi connectivity index (χ4v) is 3.19. The Morgan fingerprint density at radius 3 is 2.75 bits per heavy atom. The summed E-state index contributed by atoms with van der Waals surface area (Å²) in [6.07, 6.45) is -0.0270. The predicted molar refractivity (Wildman–Crippen MR) is 71.5 cm³/mol. The van der Waals surface area contributed by atoms with Crippen molar-refractivity contribution in [2.45, 2.75) is 6.42 Å². The molecule has 1 aromatic rings. The molecular weight excluding hydrogens is 307 g/mol. The summed E-state index contributed by atoms with van der Waals surface area (Å²) in [4.78, 5) is 13.2. The van der Waals surface area contributed by atoms with E-state index >= 15 is 0 Å². The molecule has 1 heterocycles. The normalized spacial score (nSPS) is 19.1. The molecule has 0 radical (unpaired) electrons. The van der Waals surface area contributed by atoms with E-state index in [9.17, 15) is 17.1 Å². The fourth-order valence-electron chi connectivity index (χ4n) is 2.19. The van der Waals surface area contributed by atoms with Gasteiger partial charge in [0, 0.05) is 24.6 Å². The van der Waals surface area contributed by atoms with E-state index in [0.29, 0.717) is 5.69 Å². The summed E-state index contributed by atoms with van der Waals surface area (Å²) in [5, 5.41) is 8.98. The fraction of sp³-hybridized carbons (Fsp3) is 0.333. The lowest BCUT2D eigenvalue weighted by molar-refractivity contribution is -0.117. The third-order valence-electron chi connectivity index (χ3n) is 3.02. The van der Waals surface area contributed by atoms with Gasteiger partial charge in [0.1, 0.15) is 6.07 Å². The predicted octanol–water partition coefficient (Wildman–Crippen LogP) is 1.86. The lowest BCUT2D eigenvalue weighted by Crippen LogP contribution is -2.25. The molecule has 0 bridgehead atoms. The Bertz CT molecular complexity index is 699. The van der Waals surface area contributed by atoms with E-state index in [-0.39, 0.29) is 29.5 Å². The number of carbonyl (C=O) groups is 1. The zero-order valence-electron chi connectivity index (χ0n) is 10.2. The highest BCUT2D eigenvalue weighted by atomic mass is 35.5. The first-order chi connectivity index (χ1) is 9.30. The zero-order valence-corrected chi connectivity index (χ0v) is 11.8. The number of hydrogen-bond acceptors (Lipinski definition) is 4. The highest BCUT2D eigenvalue weighted by molar-refractivity contribution is 7.86. The quantitative estimate of drug-likeness (QED) is 0.797. The van der Waals surface area contributed by atoms with Crippen molar-refractivity contribution < 1.29 is 17.1 Å². The van der Waals surface area contributed by atoms with Crippen LogP contribution in [0.25, 0.3) is 0 Å². The SMILES string of the molecule is N#Cc1ccc(N2CC(CS(=O)(=O)F)CC2=O)cc1Cl. The van der Waals surface area contributed by atoms with Gasteiger partial charge in [0.2, 0.25) is 5.91 Å². The summed E-state index contributed by atoms with van der Waals surface area (Å²) < 4.78 is 33.9. The minimum absolute atomic E-state index is 0.0270. The lowest BCUT2D eigenvalue weighted by Gasteiger charge is -2.17. The van der Waals surface area contributed by atoms with Gasteiger partial charge in [-0.15, -0.1) is 3.89 Å². The maximum absolute atomic E-state index is 12.6. The molecule has 2 rings (SSSR count). The molecule has 5 nitrogen and oxygen atoms in total. The van der Waals surface area contributed by atoms with Crippen molar-refractivity contribution in [1.82, 2.24) is 0 Å². The van der Waals surface area contributed by atoms with Crippen LogP contribution in [0.4, 0.5) is 9.57 Å². The molecule has 1 aliphatic rings. The van der Waals surface area contributed by atoms with Crippen molar-refractivity contribution in [2.75, 3.05) is 17.2 Å². The smallest absolute Gasteiger partial charge is 0.302 e. The Labute approximate surface area is 120 Å². The molecule has 1 atom stereocenters. The van der Waals surface area contributed by atoms with Crippen molar-refractivity contribution in [1.29, 1.82) is 5.26 Å². The molecule has 0 N–H and O–H groups in total. The third-order valence-corrected chi connectivity index (χ3v) is 4.21.